The van der Waals surface area contributed by atoms with Crippen molar-refractivity contribution in [3.63, 3.8) is 0 Å². The molecule has 0 radical (unpaired) electrons. The van der Waals surface area contributed by atoms with Crippen LogP contribution in [0.4, 0.5) is 0 Å². The predicted octanol–water partition coefficient (Wildman–Crippen LogP) is 3.94. The maximum Gasteiger partial charge on any atom is 0.125 e. The third-order valence-corrected chi connectivity index (χ3v) is 5.89. The van der Waals surface area contributed by atoms with E-state index in [2.05, 4.69) is 6.07 Å². The molecule has 3 rings (SSSR count). The van der Waals surface area contributed by atoms with Crippen molar-refractivity contribution < 1.29 is 9.84 Å². The van der Waals surface area contributed by atoms with Crippen LogP contribution in [0.2, 0.25) is 0 Å². The van der Waals surface area contributed by atoms with Crippen LogP contribution in [0.5, 0.6) is 5.75 Å². The van der Waals surface area contributed by atoms with Gasteiger partial charge in [0, 0.05) is 21.1 Å². The van der Waals surface area contributed by atoms with E-state index < -0.39 is 6.10 Å². The number of aryl methyl sites for hydroxylation is 2. The average Bonchev–Trinajstić information content (AvgIpc) is 2.90. The molecule has 0 saturated carbocycles. The van der Waals surface area contributed by atoms with Crippen molar-refractivity contribution in [3.8, 4) is 5.75 Å². The number of fused-ring (bicyclic) bond motifs is 1. The molecule has 2 aromatic rings. The summed E-state index contributed by atoms with van der Waals surface area (Å²) < 4.78 is 5.39. The molecule has 0 fully saturated rings. The Morgan fingerprint density at radius 1 is 1.30 bits per heavy atom. The molecule has 1 atom stereocenters. The number of thioether (sulfide) groups is 1. The minimum absolute atomic E-state index is 0.592. The Balaban J connectivity index is 1.97. The monoisotopic (exact) mass is 306 g/mol. The molecule has 0 spiro atoms. The number of hydrogen-bond acceptors (Lipinski definition) is 4. The Bertz CT molecular complexity index is 595. The van der Waals surface area contributed by atoms with Crippen molar-refractivity contribution in [2.24, 2.45) is 0 Å². The molecule has 0 aliphatic carbocycles. The zero-order valence-corrected chi connectivity index (χ0v) is 13.3. The summed E-state index contributed by atoms with van der Waals surface area (Å²) in [6.45, 7) is 2.03. The van der Waals surface area contributed by atoms with Crippen LogP contribution in [0, 0.1) is 6.92 Å². The Morgan fingerprint density at radius 2 is 2.15 bits per heavy atom. The van der Waals surface area contributed by atoms with Crippen molar-refractivity contribution in [2.45, 2.75) is 25.2 Å². The van der Waals surface area contributed by atoms with E-state index in [9.17, 15) is 5.11 Å². The van der Waals surface area contributed by atoms with Gasteiger partial charge in [0.05, 0.1) is 7.11 Å². The lowest BCUT2D eigenvalue weighted by Gasteiger charge is -2.14. The highest BCUT2D eigenvalue weighted by Gasteiger charge is 2.21. The summed E-state index contributed by atoms with van der Waals surface area (Å²) in [5.74, 6) is 3.02. The van der Waals surface area contributed by atoms with Gasteiger partial charge in [-0.15, -0.1) is 11.3 Å². The standard InChI is InChI=1S/C16H18O2S2/c1-10-3-4-13(18-2)12(7-10)16(17)15-8-11-9-19-6-5-14(11)20-15/h3-4,7-8,16-17H,5-6,9H2,1-2H3. The van der Waals surface area contributed by atoms with Crippen molar-refractivity contribution in [2.75, 3.05) is 12.9 Å². The van der Waals surface area contributed by atoms with Gasteiger partial charge in [-0.05, 0) is 42.9 Å². The van der Waals surface area contributed by atoms with Crippen LogP contribution in [-0.4, -0.2) is 18.0 Å². The highest BCUT2D eigenvalue weighted by molar-refractivity contribution is 7.98. The molecule has 1 unspecified atom stereocenters. The molecule has 2 nitrogen and oxygen atoms in total. The van der Waals surface area contributed by atoms with Gasteiger partial charge in [0.2, 0.25) is 0 Å². The minimum atomic E-state index is -0.592. The van der Waals surface area contributed by atoms with Crippen LogP contribution in [0.3, 0.4) is 0 Å². The molecule has 1 aliphatic heterocycles. The lowest BCUT2D eigenvalue weighted by atomic mass is 10.0. The smallest absolute Gasteiger partial charge is 0.125 e. The van der Waals surface area contributed by atoms with Crippen molar-refractivity contribution >= 4 is 23.1 Å². The molecule has 20 heavy (non-hydrogen) atoms. The van der Waals surface area contributed by atoms with Crippen LogP contribution in [-0.2, 0) is 12.2 Å². The van der Waals surface area contributed by atoms with Gasteiger partial charge in [0.25, 0.3) is 0 Å². The molecule has 0 bridgehead atoms. The summed E-state index contributed by atoms with van der Waals surface area (Å²) in [6.07, 6.45) is 0.535. The van der Waals surface area contributed by atoms with E-state index in [4.69, 9.17) is 4.74 Å². The van der Waals surface area contributed by atoms with Crippen LogP contribution < -0.4 is 4.74 Å². The summed E-state index contributed by atoms with van der Waals surface area (Å²) in [5, 5.41) is 10.7. The molecule has 0 amide bonds. The van der Waals surface area contributed by atoms with Crippen molar-refractivity contribution in [1.29, 1.82) is 0 Å². The zero-order chi connectivity index (χ0) is 14.1. The highest BCUT2D eigenvalue weighted by atomic mass is 32.2. The number of hydrogen-bond donors (Lipinski definition) is 1. The van der Waals surface area contributed by atoms with Crippen LogP contribution in [0.1, 0.15) is 32.5 Å². The predicted molar refractivity (Wildman–Crippen MR) is 86.0 cm³/mol. The summed E-state index contributed by atoms with van der Waals surface area (Å²) in [6, 6.07) is 8.11. The minimum Gasteiger partial charge on any atom is -0.496 e. The summed E-state index contributed by atoms with van der Waals surface area (Å²) in [5.41, 5.74) is 3.39. The summed E-state index contributed by atoms with van der Waals surface area (Å²) in [7, 11) is 1.65. The molecular weight excluding hydrogens is 288 g/mol. The molecule has 106 valence electrons. The first-order valence-electron chi connectivity index (χ1n) is 6.71. The van der Waals surface area contributed by atoms with Gasteiger partial charge < -0.3 is 9.84 Å². The van der Waals surface area contributed by atoms with Gasteiger partial charge in [0.1, 0.15) is 11.9 Å². The highest BCUT2D eigenvalue weighted by Crippen LogP contribution is 2.38. The molecule has 1 aromatic carbocycles. The first-order chi connectivity index (χ1) is 9.69. The number of methoxy groups -OCH3 is 1. The number of aliphatic hydroxyl groups excluding tert-OH is 1. The Hall–Kier alpha value is -0.970. The molecular formula is C16H18O2S2. The fourth-order valence-electron chi connectivity index (χ4n) is 2.53. The van der Waals surface area contributed by atoms with Crippen molar-refractivity contribution in [1.82, 2.24) is 0 Å². The second-order valence-electron chi connectivity index (χ2n) is 5.05. The van der Waals surface area contributed by atoms with Crippen LogP contribution >= 0.6 is 23.1 Å². The fourth-order valence-corrected chi connectivity index (χ4v) is 4.91. The average molecular weight is 306 g/mol. The maximum atomic E-state index is 10.7. The lowest BCUT2D eigenvalue weighted by molar-refractivity contribution is 0.218. The van der Waals surface area contributed by atoms with E-state index in [1.54, 1.807) is 18.4 Å². The van der Waals surface area contributed by atoms with Crippen LogP contribution in [0.15, 0.2) is 24.3 Å². The van der Waals surface area contributed by atoms with E-state index in [1.807, 2.05) is 36.9 Å². The Labute approximate surface area is 127 Å². The molecule has 2 heterocycles. The number of rotatable bonds is 3. The second kappa shape index (κ2) is 5.80. The lowest BCUT2D eigenvalue weighted by Crippen LogP contribution is -2.01. The largest absolute Gasteiger partial charge is 0.496 e. The fraction of sp³-hybridized carbons (Fsp3) is 0.375. The molecule has 0 saturated heterocycles. The Kier molecular flexibility index (Phi) is 4.06. The summed E-state index contributed by atoms with van der Waals surface area (Å²) in [4.78, 5) is 2.46. The normalized spacial score (nSPS) is 15.8. The topological polar surface area (TPSA) is 29.5 Å². The molecule has 1 aromatic heterocycles. The van der Waals surface area contributed by atoms with Crippen molar-refractivity contribution in [3.05, 3.63) is 50.7 Å². The number of ether oxygens (including phenoxy) is 1. The Morgan fingerprint density at radius 3 is 2.90 bits per heavy atom. The van der Waals surface area contributed by atoms with Gasteiger partial charge in [-0.25, -0.2) is 0 Å². The van der Waals surface area contributed by atoms with Gasteiger partial charge in [-0.1, -0.05) is 11.6 Å². The maximum absolute atomic E-state index is 10.7. The van der Waals surface area contributed by atoms with Gasteiger partial charge >= 0.3 is 0 Å². The number of aliphatic hydroxyl groups is 1. The SMILES string of the molecule is COc1ccc(C)cc1C(O)c1cc2c(s1)CCSC2. The van der Waals surface area contributed by atoms with E-state index in [-0.39, 0.29) is 0 Å². The van der Waals surface area contributed by atoms with E-state index in [0.29, 0.717) is 0 Å². The molecule has 1 aliphatic rings. The second-order valence-corrected chi connectivity index (χ2v) is 7.32. The van der Waals surface area contributed by atoms with E-state index in [0.717, 1.165) is 33.9 Å². The third-order valence-electron chi connectivity index (χ3n) is 3.60. The quantitative estimate of drug-likeness (QED) is 0.931. The van der Waals surface area contributed by atoms with Gasteiger partial charge in [0.15, 0.2) is 0 Å². The van der Waals surface area contributed by atoms with Gasteiger partial charge in [-0.3, -0.25) is 0 Å². The van der Waals surface area contributed by atoms with E-state index >= 15 is 0 Å². The zero-order valence-electron chi connectivity index (χ0n) is 11.7. The van der Waals surface area contributed by atoms with Crippen LogP contribution in [0.25, 0.3) is 0 Å². The number of benzene rings is 1. The third kappa shape index (κ3) is 2.60. The number of thiophene rings is 1. The van der Waals surface area contributed by atoms with Gasteiger partial charge in [-0.2, -0.15) is 11.8 Å². The first-order valence-corrected chi connectivity index (χ1v) is 8.68. The molecule has 1 N–H and O–H groups in total. The summed E-state index contributed by atoms with van der Waals surface area (Å²) >= 11 is 3.71. The molecule has 4 heteroatoms. The van der Waals surface area contributed by atoms with E-state index in [1.165, 1.54) is 16.2 Å². The first kappa shape index (κ1) is 14.0.